The SMILES string of the molecule is O=CNCCN1C(=O)C[C@@H](S)C1=O. The van der Waals surface area contributed by atoms with Gasteiger partial charge in [0.25, 0.3) is 0 Å². The van der Waals surface area contributed by atoms with Crippen LogP contribution in [0.25, 0.3) is 0 Å². The Balaban J connectivity index is 2.44. The van der Waals surface area contributed by atoms with E-state index in [2.05, 4.69) is 17.9 Å². The number of hydrogen-bond acceptors (Lipinski definition) is 4. The predicted molar refractivity (Wildman–Crippen MR) is 48.2 cm³/mol. The van der Waals surface area contributed by atoms with Crippen LogP contribution in [0.2, 0.25) is 0 Å². The normalized spacial score (nSPS) is 22.2. The Morgan fingerprint density at radius 2 is 2.31 bits per heavy atom. The van der Waals surface area contributed by atoms with Gasteiger partial charge in [0.05, 0.1) is 5.25 Å². The summed E-state index contributed by atoms with van der Waals surface area (Å²) in [6.45, 7) is 0.523. The highest BCUT2D eigenvalue weighted by Crippen LogP contribution is 2.16. The van der Waals surface area contributed by atoms with E-state index in [9.17, 15) is 14.4 Å². The van der Waals surface area contributed by atoms with Gasteiger partial charge in [0.2, 0.25) is 18.2 Å². The van der Waals surface area contributed by atoms with E-state index in [0.717, 1.165) is 4.90 Å². The number of rotatable bonds is 4. The molecule has 0 bridgehead atoms. The maximum absolute atomic E-state index is 11.2. The largest absolute Gasteiger partial charge is 0.357 e. The Hall–Kier alpha value is -1.04. The summed E-state index contributed by atoms with van der Waals surface area (Å²) in [4.78, 5) is 33.4. The lowest BCUT2D eigenvalue weighted by molar-refractivity contribution is -0.138. The van der Waals surface area contributed by atoms with E-state index in [1.807, 2.05) is 0 Å². The molecule has 0 saturated carbocycles. The van der Waals surface area contributed by atoms with E-state index in [-0.39, 0.29) is 24.8 Å². The van der Waals surface area contributed by atoms with Gasteiger partial charge in [0, 0.05) is 19.5 Å². The second-order valence-corrected chi connectivity index (χ2v) is 3.30. The van der Waals surface area contributed by atoms with Gasteiger partial charge in [-0.3, -0.25) is 19.3 Å². The van der Waals surface area contributed by atoms with Crippen LogP contribution in [0, 0.1) is 0 Å². The van der Waals surface area contributed by atoms with Crippen molar-refractivity contribution in [1.82, 2.24) is 10.2 Å². The van der Waals surface area contributed by atoms with E-state index in [1.165, 1.54) is 0 Å². The maximum atomic E-state index is 11.2. The molecular weight excluding hydrogens is 192 g/mol. The fraction of sp³-hybridized carbons (Fsp3) is 0.571. The molecule has 6 heteroatoms. The van der Waals surface area contributed by atoms with E-state index >= 15 is 0 Å². The zero-order valence-corrected chi connectivity index (χ0v) is 7.79. The third-order valence-corrected chi connectivity index (χ3v) is 2.19. The molecule has 1 heterocycles. The molecule has 13 heavy (non-hydrogen) atoms. The first kappa shape index (κ1) is 10.0. The fourth-order valence-electron chi connectivity index (χ4n) is 1.14. The molecule has 1 N–H and O–H groups in total. The van der Waals surface area contributed by atoms with Gasteiger partial charge in [-0.2, -0.15) is 12.6 Å². The number of carbonyl (C=O) groups excluding carboxylic acids is 3. The molecule has 0 aromatic heterocycles. The molecule has 1 aliphatic heterocycles. The van der Waals surface area contributed by atoms with Crippen molar-refractivity contribution in [3.05, 3.63) is 0 Å². The number of nitrogens with one attached hydrogen (secondary N) is 1. The molecule has 0 aliphatic carbocycles. The van der Waals surface area contributed by atoms with Crippen LogP contribution in [0.15, 0.2) is 0 Å². The van der Waals surface area contributed by atoms with Gasteiger partial charge < -0.3 is 5.32 Å². The Kier molecular flexibility index (Phi) is 3.30. The summed E-state index contributed by atoms with van der Waals surface area (Å²) in [5.41, 5.74) is 0. The van der Waals surface area contributed by atoms with Gasteiger partial charge in [0.1, 0.15) is 0 Å². The number of imide groups is 1. The van der Waals surface area contributed by atoms with Crippen LogP contribution in [-0.2, 0) is 14.4 Å². The van der Waals surface area contributed by atoms with Gasteiger partial charge in [-0.05, 0) is 0 Å². The van der Waals surface area contributed by atoms with Crippen molar-refractivity contribution in [3.63, 3.8) is 0 Å². The first-order valence-electron chi connectivity index (χ1n) is 3.86. The van der Waals surface area contributed by atoms with Crippen LogP contribution in [0.1, 0.15) is 6.42 Å². The summed E-state index contributed by atoms with van der Waals surface area (Å²) in [6, 6.07) is 0. The first-order chi connectivity index (χ1) is 6.16. The number of hydrogen-bond donors (Lipinski definition) is 2. The molecule has 1 aliphatic rings. The molecule has 1 atom stereocenters. The van der Waals surface area contributed by atoms with Crippen LogP contribution in [0.5, 0.6) is 0 Å². The number of amides is 3. The first-order valence-corrected chi connectivity index (χ1v) is 4.37. The highest BCUT2D eigenvalue weighted by Gasteiger charge is 2.35. The van der Waals surface area contributed by atoms with Crippen LogP contribution < -0.4 is 5.32 Å². The molecule has 0 aromatic carbocycles. The third kappa shape index (κ3) is 2.21. The summed E-state index contributed by atoms with van der Waals surface area (Å²) < 4.78 is 0. The maximum Gasteiger partial charge on any atom is 0.242 e. The van der Waals surface area contributed by atoms with E-state index in [1.54, 1.807) is 0 Å². The molecule has 1 saturated heterocycles. The van der Waals surface area contributed by atoms with Crippen molar-refractivity contribution in [3.8, 4) is 0 Å². The lowest BCUT2D eigenvalue weighted by atomic mass is 10.4. The average Bonchev–Trinajstić information content (AvgIpc) is 2.32. The summed E-state index contributed by atoms with van der Waals surface area (Å²) in [7, 11) is 0. The van der Waals surface area contributed by atoms with E-state index < -0.39 is 5.25 Å². The van der Waals surface area contributed by atoms with Crippen molar-refractivity contribution in [2.75, 3.05) is 13.1 Å². The summed E-state index contributed by atoms with van der Waals surface area (Å²) in [6.07, 6.45) is 0.687. The number of nitrogens with zero attached hydrogens (tertiary/aromatic N) is 1. The summed E-state index contributed by atoms with van der Waals surface area (Å²) in [5.74, 6) is -0.501. The minimum atomic E-state index is -0.510. The number of carbonyl (C=O) groups is 3. The van der Waals surface area contributed by atoms with Crippen molar-refractivity contribution < 1.29 is 14.4 Å². The lowest BCUT2D eigenvalue weighted by Gasteiger charge is -2.12. The van der Waals surface area contributed by atoms with Crippen molar-refractivity contribution >= 4 is 30.9 Å². The highest BCUT2D eigenvalue weighted by atomic mass is 32.1. The smallest absolute Gasteiger partial charge is 0.242 e. The van der Waals surface area contributed by atoms with Gasteiger partial charge in [-0.1, -0.05) is 0 Å². The zero-order valence-electron chi connectivity index (χ0n) is 6.90. The quantitative estimate of drug-likeness (QED) is 0.260. The third-order valence-electron chi connectivity index (χ3n) is 1.78. The Labute approximate surface area is 80.9 Å². The fourth-order valence-corrected chi connectivity index (χ4v) is 1.43. The topological polar surface area (TPSA) is 66.5 Å². The van der Waals surface area contributed by atoms with Crippen molar-refractivity contribution in [1.29, 1.82) is 0 Å². The Morgan fingerprint density at radius 3 is 2.77 bits per heavy atom. The second kappa shape index (κ2) is 4.27. The lowest BCUT2D eigenvalue weighted by Crippen LogP contribution is -2.36. The molecule has 72 valence electrons. The predicted octanol–water partition coefficient (Wildman–Crippen LogP) is -1.21. The van der Waals surface area contributed by atoms with Crippen molar-refractivity contribution in [2.45, 2.75) is 11.7 Å². The zero-order chi connectivity index (χ0) is 9.84. The van der Waals surface area contributed by atoms with Gasteiger partial charge in [-0.25, -0.2) is 0 Å². The minimum absolute atomic E-state index is 0.156. The van der Waals surface area contributed by atoms with Gasteiger partial charge in [-0.15, -0.1) is 0 Å². The number of likely N-dealkylation sites (tertiary alicyclic amines) is 1. The summed E-state index contributed by atoms with van der Waals surface area (Å²) in [5, 5.41) is 1.87. The Bertz CT molecular complexity index is 244. The Morgan fingerprint density at radius 1 is 1.62 bits per heavy atom. The molecule has 0 unspecified atom stereocenters. The van der Waals surface area contributed by atoms with E-state index in [4.69, 9.17) is 0 Å². The van der Waals surface area contributed by atoms with Gasteiger partial charge in [0.15, 0.2) is 0 Å². The molecule has 0 aromatic rings. The second-order valence-electron chi connectivity index (χ2n) is 2.68. The van der Waals surface area contributed by atoms with E-state index in [0.29, 0.717) is 13.0 Å². The summed E-state index contributed by atoms with van der Waals surface area (Å²) >= 11 is 3.95. The van der Waals surface area contributed by atoms with Crippen LogP contribution in [-0.4, -0.2) is 41.5 Å². The van der Waals surface area contributed by atoms with Crippen LogP contribution in [0.4, 0.5) is 0 Å². The van der Waals surface area contributed by atoms with Gasteiger partial charge >= 0.3 is 0 Å². The number of thiol groups is 1. The highest BCUT2D eigenvalue weighted by molar-refractivity contribution is 7.81. The molecule has 0 radical (unpaired) electrons. The van der Waals surface area contributed by atoms with Crippen molar-refractivity contribution in [2.24, 2.45) is 0 Å². The molecule has 1 fully saturated rings. The monoisotopic (exact) mass is 202 g/mol. The average molecular weight is 202 g/mol. The standard InChI is InChI=1S/C7H10N2O3S/c10-4-8-1-2-9-6(11)3-5(13)7(9)12/h4-5,13H,1-3H2,(H,8,10)/t5-/m1/s1. The minimum Gasteiger partial charge on any atom is -0.357 e. The molecular formula is C7H10N2O3S. The molecule has 1 rings (SSSR count). The molecule has 5 nitrogen and oxygen atoms in total. The van der Waals surface area contributed by atoms with Crippen LogP contribution in [0.3, 0.4) is 0 Å². The van der Waals surface area contributed by atoms with Crippen LogP contribution >= 0.6 is 12.6 Å². The molecule has 0 spiro atoms. The molecule has 3 amide bonds.